The van der Waals surface area contributed by atoms with E-state index in [0.717, 1.165) is 17.5 Å². The highest BCUT2D eigenvalue weighted by Gasteiger charge is 2.09. The van der Waals surface area contributed by atoms with Crippen LogP contribution in [0.4, 0.5) is 10.2 Å². The van der Waals surface area contributed by atoms with Crippen molar-refractivity contribution < 1.29 is 4.39 Å². The molecule has 72 valence electrons. The van der Waals surface area contributed by atoms with Gasteiger partial charge in [-0.1, -0.05) is 31.2 Å². The van der Waals surface area contributed by atoms with Crippen LogP contribution in [0.2, 0.25) is 0 Å². The van der Waals surface area contributed by atoms with Gasteiger partial charge in [-0.3, -0.25) is 0 Å². The first-order chi connectivity index (χ1) is 6.74. The summed E-state index contributed by atoms with van der Waals surface area (Å²) < 4.78 is 13.5. The molecule has 0 saturated carbocycles. The summed E-state index contributed by atoms with van der Waals surface area (Å²) in [7, 11) is 0. The van der Waals surface area contributed by atoms with Crippen molar-refractivity contribution in [3.8, 4) is 0 Å². The van der Waals surface area contributed by atoms with Gasteiger partial charge in [-0.15, -0.1) is 0 Å². The number of benzene rings is 1. The fourth-order valence-electron chi connectivity index (χ4n) is 1.59. The zero-order valence-corrected chi connectivity index (χ0v) is 7.92. The number of pyridine rings is 1. The molecule has 0 amide bonds. The molecule has 0 aliphatic carbocycles. The van der Waals surface area contributed by atoms with Crippen LogP contribution in [0.15, 0.2) is 24.3 Å². The van der Waals surface area contributed by atoms with E-state index >= 15 is 0 Å². The van der Waals surface area contributed by atoms with Gasteiger partial charge in [0, 0.05) is 10.8 Å². The molecule has 0 atom stereocenters. The first-order valence-corrected chi connectivity index (χ1v) is 4.56. The van der Waals surface area contributed by atoms with Crippen molar-refractivity contribution in [3.05, 3.63) is 35.8 Å². The Kier molecular flexibility index (Phi) is 2.08. The molecule has 0 radical (unpaired) electrons. The molecule has 0 aliphatic rings. The number of hydrogen-bond acceptors (Lipinski definition) is 2. The second-order valence-corrected chi connectivity index (χ2v) is 3.16. The Balaban J connectivity index is 2.89. The maximum atomic E-state index is 13.5. The molecular weight excluding hydrogens is 179 g/mol. The van der Waals surface area contributed by atoms with E-state index in [9.17, 15) is 4.39 Å². The third-order valence-electron chi connectivity index (χ3n) is 2.29. The molecule has 0 aliphatic heterocycles. The van der Waals surface area contributed by atoms with Crippen LogP contribution >= 0.6 is 0 Å². The van der Waals surface area contributed by atoms with E-state index in [-0.39, 0.29) is 5.82 Å². The van der Waals surface area contributed by atoms with Crippen LogP contribution in [0.5, 0.6) is 0 Å². The number of rotatable bonds is 1. The first-order valence-electron chi connectivity index (χ1n) is 4.56. The molecule has 2 N–H and O–H groups in total. The van der Waals surface area contributed by atoms with E-state index in [4.69, 9.17) is 5.73 Å². The van der Waals surface area contributed by atoms with E-state index in [1.165, 1.54) is 0 Å². The van der Waals surface area contributed by atoms with E-state index < -0.39 is 5.82 Å². The van der Waals surface area contributed by atoms with Crippen molar-refractivity contribution >= 4 is 16.6 Å². The highest BCUT2D eigenvalue weighted by molar-refractivity contribution is 5.87. The summed E-state index contributed by atoms with van der Waals surface area (Å²) in [6.07, 6.45) is 0.755. The molecule has 14 heavy (non-hydrogen) atoms. The van der Waals surface area contributed by atoms with Crippen LogP contribution in [0, 0.1) is 5.82 Å². The number of nitrogen functional groups attached to an aromatic ring is 1. The second-order valence-electron chi connectivity index (χ2n) is 3.16. The van der Waals surface area contributed by atoms with Gasteiger partial charge < -0.3 is 5.73 Å². The number of halogens is 1. The third-order valence-corrected chi connectivity index (χ3v) is 2.29. The maximum absolute atomic E-state index is 13.5. The second kappa shape index (κ2) is 3.25. The van der Waals surface area contributed by atoms with E-state index in [0.29, 0.717) is 5.39 Å². The normalized spacial score (nSPS) is 10.7. The summed E-state index contributed by atoms with van der Waals surface area (Å²) in [5.74, 6) is -0.432. The van der Waals surface area contributed by atoms with Crippen molar-refractivity contribution in [3.63, 3.8) is 0 Å². The lowest BCUT2D eigenvalue weighted by atomic mass is 10.1. The van der Waals surface area contributed by atoms with E-state index in [2.05, 4.69) is 4.98 Å². The lowest BCUT2D eigenvalue weighted by Gasteiger charge is -2.06. The molecule has 1 aromatic carbocycles. The summed E-state index contributed by atoms with van der Waals surface area (Å²) in [4.78, 5) is 4.02. The smallest absolute Gasteiger partial charge is 0.173 e. The van der Waals surface area contributed by atoms with E-state index in [1.54, 1.807) is 12.1 Å². The van der Waals surface area contributed by atoms with Gasteiger partial charge in [-0.05, 0) is 6.42 Å². The summed E-state index contributed by atoms with van der Waals surface area (Å²) in [6.45, 7) is 1.98. The summed E-state index contributed by atoms with van der Waals surface area (Å²) in [6, 6.07) is 7.26. The average molecular weight is 190 g/mol. The first kappa shape index (κ1) is 8.94. The molecule has 0 fully saturated rings. The zero-order valence-electron chi connectivity index (χ0n) is 7.92. The fourth-order valence-corrected chi connectivity index (χ4v) is 1.59. The molecule has 3 heteroatoms. The van der Waals surface area contributed by atoms with Gasteiger partial charge in [0.1, 0.15) is 0 Å². The lowest BCUT2D eigenvalue weighted by Crippen LogP contribution is -2.00. The SMILES string of the molecule is CCc1nc(N)c(F)c2ccccc12. The van der Waals surface area contributed by atoms with Crippen LogP contribution in [-0.4, -0.2) is 4.98 Å². The van der Waals surface area contributed by atoms with Gasteiger partial charge in [0.2, 0.25) is 0 Å². The van der Waals surface area contributed by atoms with Crippen LogP contribution < -0.4 is 5.73 Å². The van der Waals surface area contributed by atoms with Crippen LogP contribution in [0.3, 0.4) is 0 Å². The molecule has 1 heterocycles. The van der Waals surface area contributed by atoms with Gasteiger partial charge >= 0.3 is 0 Å². The highest BCUT2D eigenvalue weighted by atomic mass is 19.1. The number of hydrogen-bond donors (Lipinski definition) is 1. The standard InChI is InChI=1S/C11H11FN2/c1-2-9-7-5-3-4-6-8(7)10(12)11(13)14-9/h3-6H,2H2,1H3,(H2,13,14). The van der Waals surface area contributed by atoms with Crippen molar-refractivity contribution in [1.29, 1.82) is 0 Å². The Morgan fingerprint density at radius 3 is 2.57 bits per heavy atom. The van der Waals surface area contributed by atoms with Crippen LogP contribution in [0.25, 0.3) is 10.8 Å². The summed E-state index contributed by atoms with van der Waals surface area (Å²) >= 11 is 0. The Bertz CT molecular complexity index is 480. The fraction of sp³-hybridized carbons (Fsp3) is 0.182. The van der Waals surface area contributed by atoms with Gasteiger partial charge in [-0.2, -0.15) is 0 Å². The minimum atomic E-state index is -0.419. The number of aryl methyl sites for hydroxylation is 1. The molecule has 2 rings (SSSR count). The predicted octanol–water partition coefficient (Wildman–Crippen LogP) is 2.52. The molecule has 0 saturated heterocycles. The minimum absolute atomic E-state index is 0.0134. The molecule has 0 spiro atoms. The van der Waals surface area contributed by atoms with Gasteiger partial charge in [0.05, 0.1) is 5.69 Å². The topological polar surface area (TPSA) is 38.9 Å². The van der Waals surface area contributed by atoms with Crippen molar-refractivity contribution in [2.45, 2.75) is 13.3 Å². The number of nitrogens with zero attached hydrogens (tertiary/aromatic N) is 1. The number of nitrogens with two attached hydrogens (primary N) is 1. The zero-order chi connectivity index (χ0) is 10.1. The highest BCUT2D eigenvalue weighted by Crippen LogP contribution is 2.23. The van der Waals surface area contributed by atoms with Crippen LogP contribution in [-0.2, 0) is 6.42 Å². The Morgan fingerprint density at radius 2 is 1.93 bits per heavy atom. The Hall–Kier alpha value is -1.64. The van der Waals surface area contributed by atoms with Crippen molar-refractivity contribution in [2.75, 3.05) is 5.73 Å². The molecule has 0 unspecified atom stereocenters. The van der Waals surface area contributed by atoms with Gasteiger partial charge in [-0.25, -0.2) is 9.37 Å². The number of fused-ring (bicyclic) bond motifs is 1. The minimum Gasteiger partial charge on any atom is -0.381 e. The Labute approximate surface area is 81.6 Å². The molecule has 2 aromatic rings. The molecule has 2 nitrogen and oxygen atoms in total. The predicted molar refractivity (Wildman–Crippen MR) is 55.5 cm³/mol. The number of anilines is 1. The van der Waals surface area contributed by atoms with Gasteiger partial charge in [0.25, 0.3) is 0 Å². The lowest BCUT2D eigenvalue weighted by molar-refractivity contribution is 0.638. The largest absolute Gasteiger partial charge is 0.381 e. The summed E-state index contributed by atoms with van der Waals surface area (Å²) in [5.41, 5.74) is 6.32. The molecular formula is C11H11FN2. The third kappa shape index (κ3) is 1.21. The summed E-state index contributed by atoms with van der Waals surface area (Å²) in [5, 5.41) is 1.40. The maximum Gasteiger partial charge on any atom is 0.173 e. The van der Waals surface area contributed by atoms with Crippen LogP contribution in [0.1, 0.15) is 12.6 Å². The molecule has 1 aromatic heterocycles. The number of aromatic nitrogens is 1. The molecule has 0 bridgehead atoms. The Morgan fingerprint density at radius 1 is 1.29 bits per heavy atom. The average Bonchev–Trinajstić information content (AvgIpc) is 2.23. The van der Waals surface area contributed by atoms with E-state index in [1.807, 2.05) is 19.1 Å². The quantitative estimate of drug-likeness (QED) is 0.750. The van der Waals surface area contributed by atoms with Crippen molar-refractivity contribution in [2.24, 2.45) is 0 Å². The monoisotopic (exact) mass is 190 g/mol. The van der Waals surface area contributed by atoms with Gasteiger partial charge in [0.15, 0.2) is 11.6 Å². The van der Waals surface area contributed by atoms with Crippen molar-refractivity contribution in [1.82, 2.24) is 4.98 Å².